The third-order valence-corrected chi connectivity index (χ3v) is 12.3. The number of aromatic nitrogens is 3. The quantitative estimate of drug-likeness (QED) is 0.349. The summed E-state index contributed by atoms with van der Waals surface area (Å²) in [6.45, 7) is 6.17. The number of benzene rings is 1. The van der Waals surface area contributed by atoms with Gasteiger partial charge in [-0.2, -0.15) is 10.4 Å². The van der Waals surface area contributed by atoms with Gasteiger partial charge in [0.25, 0.3) is 0 Å². The van der Waals surface area contributed by atoms with E-state index in [0.29, 0.717) is 12.8 Å². The van der Waals surface area contributed by atoms with Crippen LogP contribution in [-0.2, 0) is 16.0 Å². The smallest absolute Gasteiger partial charge is 0.361 e. The average molecular weight is 631 g/mol. The number of fused-ring (bicyclic) bond motifs is 6. The predicted octanol–water partition coefficient (Wildman–Crippen LogP) is 5.78. The summed E-state index contributed by atoms with van der Waals surface area (Å²) >= 11 is 0.869. The number of hydrogen-bond donors (Lipinski definition) is 1. The summed E-state index contributed by atoms with van der Waals surface area (Å²) in [6.07, 6.45) is 8.92. The first-order chi connectivity index (χ1) is 21.5. The van der Waals surface area contributed by atoms with E-state index >= 15 is 0 Å². The number of oxazole rings is 1. The lowest BCUT2D eigenvalue weighted by atomic mass is 9.45. The van der Waals surface area contributed by atoms with Crippen molar-refractivity contribution < 1.29 is 28.2 Å². The summed E-state index contributed by atoms with van der Waals surface area (Å²) in [7, 11) is 0. The Labute approximate surface area is 264 Å². The molecule has 0 aliphatic heterocycles. The van der Waals surface area contributed by atoms with Crippen LogP contribution in [0.2, 0.25) is 0 Å². The minimum absolute atomic E-state index is 0.000597. The molecule has 4 aliphatic carbocycles. The van der Waals surface area contributed by atoms with Gasteiger partial charge in [-0.3, -0.25) is 4.79 Å². The molecule has 234 valence electrons. The van der Waals surface area contributed by atoms with Crippen molar-refractivity contribution in [1.29, 1.82) is 5.26 Å². The van der Waals surface area contributed by atoms with Crippen LogP contribution in [0.15, 0.2) is 53.1 Å². The Kier molecular flexibility index (Phi) is 7.09. The number of halogens is 1. The van der Waals surface area contributed by atoms with E-state index in [9.17, 15) is 24.3 Å². The van der Waals surface area contributed by atoms with Crippen LogP contribution in [0.4, 0.5) is 4.39 Å². The van der Waals surface area contributed by atoms with E-state index in [-0.39, 0.29) is 57.9 Å². The van der Waals surface area contributed by atoms with E-state index in [4.69, 9.17) is 9.15 Å². The lowest BCUT2D eigenvalue weighted by Gasteiger charge is -2.60. The number of hydrogen-bond acceptors (Lipinski definition) is 9. The lowest BCUT2D eigenvalue weighted by Crippen LogP contribution is -2.63. The summed E-state index contributed by atoms with van der Waals surface area (Å²) < 4.78 is 26.7. The third kappa shape index (κ3) is 4.28. The topological polar surface area (TPSA) is 131 Å². The van der Waals surface area contributed by atoms with Crippen LogP contribution in [0.1, 0.15) is 68.2 Å². The molecule has 3 saturated carbocycles. The number of carbonyl (C=O) groups is 2. The van der Waals surface area contributed by atoms with Crippen LogP contribution in [0.3, 0.4) is 0 Å². The van der Waals surface area contributed by atoms with Gasteiger partial charge in [-0.05, 0) is 91.2 Å². The normalized spacial score (nSPS) is 34.8. The maximum atomic E-state index is 14.1. The molecule has 45 heavy (non-hydrogen) atoms. The second-order valence-corrected chi connectivity index (χ2v) is 14.5. The Morgan fingerprint density at radius 3 is 2.78 bits per heavy atom. The van der Waals surface area contributed by atoms with Gasteiger partial charge in [0.2, 0.25) is 5.12 Å². The molecule has 1 aromatic carbocycles. The summed E-state index contributed by atoms with van der Waals surface area (Å²) in [5, 5.41) is 25.8. The highest BCUT2D eigenvalue weighted by molar-refractivity contribution is 8.14. The number of nitrogens with zero attached hydrogens (tertiary/aromatic N) is 4. The first-order valence-corrected chi connectivity index (χ1v) is 16.4. The molecule has 0 spiro atoms. The van der Waals surface area contributed by atoms with E-state index in [2.05, 4.69) is 23.1 Å². The summed E-state index contributed by atoms with van der Waals surface area (Å²) in [6, 6.07) is 8.33. The molecule has 2 unspecified atom stereocenters. The average Bonchev–Trinajstić information content (AvgIpc) is 3.73. The number of rotatable bonds is 5. The van der Waals surface area contributed by atoms with E-state index in [1.165, 1.54) is 24.0 Å². The molecule has 8 atom stereocenters. The zero-order valence-corrected chi connectivity index (χ0v) is 26.2. The fraction of sp³-hybridized carbons (Fsp3) is 0.500. The molecular formula is C34H35FN4O5S. The van der Waals surface area contributed by atoms with E-state index in [1.54, 1.807) is 12.1 Å². The highest BCUT2D eigenvalue weighted by Crippen LogP contribution is 2.70. The molecule has 0 amide bonds. The molecule has 7 rings (SSSR count). The highest BCUT2D eigenvalue weighted by Gasteiger charge is 2.73. The van der Waals surface area contributed by atoms with Crippen molar-refractivity contribution in [3.05, 3.63) is 71.5 Å². The molecule has 1 N–H and O–H groups in total. The molecule has 3 aromatic rings. The lowest BCUT2D eigenvalue weighted by molar-refractivity contribution is -0.179. The molecule has 0 radical (unpaired) electrons. The number of carbonyl (C=O) groups excluding carboxylic acids is 2. The van der Waals surface area contributed by atoms with Crippen molar-refractivity contribution in [2.24, 2.45) is 34.5 Å². The number of aliphatic hydroxyl groups is 1. The number of allylic oxidation sites excluding steroid dienone is 1. The minimum Gasteiger partial charge on any atom is -0.451 e. The number of thioether (sulfide) groups is 1. The number of esters is 1. The van der Waals surface area contributed by atoms with Crippen molar-refractivity contribution in [2.45, 2.75) is 64.6 Å². The second kappa shape index (κ2) is 10.7. The molecule has 0 saturated heterocycles. The summed E-state index contributed by atoms with van der Waals surface area (Å²) in [5.41, 5.74) is 1.33. The monoisotopic (exact) mass is 630 g/mol. The zero-order valence-electron chi connectivity index (χ0n) is 25.4. The Bertz CT molecular complexity index is 1730. The second-order valence-electron chi connectivity index (χ2n) is 13.6. The SMILES string of the molecule is C[C@@H]1CC2[C@@H]3CCC4=Cc5c(cnn5-c5ccc(F)cc5)C[C@]4(C)C3[C@@H](O)C[C@]2(C)[C@@]1(OC(=O)c1cocn1)C(=O)SCC#N. The Morgan fingerprint density at radius 1 is 1.29 bits per heavy atom. The fourth-order valence-electron chi connectivity index (χ4n) is 9.70. The largest absolute Gasteiger partial charge is 0.451 e. The van der Waals surface area contributed by atoms with Crippen molar-refractivity contribution in [2.75, 3.05) is 5.75 Å². The van der Waals surface area contributed by atoms with Gasteiger partial charge < -0.3 is 14.3 Å². The van der Waals surface area contributed by atoms with E-state index < -0.39 is 23.1 Å². The van der Waals surface area contributed by atoms with Crippen LogP contribution in [0.5, 0.6) is 0 Å². The summed E-state index contributed by atoms with van der Waals surface area (Å²) in [4.78, 5) is 31.4. The standard InChI is InChI=1S/C34H35FN4O5S/c1-19-12-25-24-9-4-21-13-27-20(16-38-39(27)23-7-5-22(35)6-8-23)14-32(21,2)29(24)28(40)15-33(25,3)34(19,31(42)45-11-10-36)44-30(41)26-17-43-18-37-26/h5-8,13,16-19,24-25,28-29,40H,4,9,11-12,14-15H2,1-3H3/t19-,24+,25?,28+,29?,32+,33+,34+/m1/s1. The maximum absolute atomic E-state index is 14.1. The zero-order chi connectivity index (χ0) is 31.7. The van der Waals surface area contributed by atoms with Crippen LogP contribution in [0, 0.1) is 51.6 Å². The molecule has 0 bridgehead atoms. The van der Waals surface area contributed by atoms with Crippen LogP contribution < -0.4 is 0 Å². The predicted molar refractivity (Wildman–Crippen MR) is 163 cm³/mol. The number of nitriles is 1. The van der Waals surface area contributed by atoms with Crippen molar-refractivity contribution in [1.82, 2.24) is 14.8 Å². The van der Waals surface area contributed by atoms with Gasteiger partial charge in [-0.15, -0.1) is 0 Å². The Balaban J connectivity index is 1.25. The van der Waals surface area contributed by atoms with Crippen LogP contribution in [0.25, 0.3) is 11.8 Å². The van der Waals surface area contributed by atoms with Crippen LogP contribution in [-0.4, -0.2) is 48.4 Å². The maximum Gasteiger partial charge on any atom is 0.361 e. The van der Waals surface area contributed by atoms with Crippen molar-refractivity contribution in [3.63, 3.8) is 0 Å². The number of ether oxygens (including phenoxy) is 1. The minimum atomic E-state index is -1.55. The van der Waals surface area contributed by atoms with Gasteiger partial charge in [0, 0.05) is 11.3 Å². The molecule has 2 aromatic heterocycles. The first-order valence-electron chi connectivity index (χ1n) is 15.4. The molecule has 3 fully saturated rings. The molecule has 9 nitrogen and oxygen atoms in total. The van der Waals surface area contributed by atoms with Gasteiger partial charge >= 0.3 is 5.97 Å². The van der Waals surface area contributed by atoms with Crippen molar-refractivity contribution in [3.8, 4) is 11.8 Å². The molecular weight excluding hydrogens is 595 g/mol. The third-order valence-electron chi connectivity index (χ3n) is 11.5. The van der Waals surface area contributed by atoms with Gasteiger partial charge in [-0.25, -0.2) is 18.9 Å². The van der Waals surface area contributed by atoms with Gasteiger partial charge in [-0.1, -0.05) is 38.1 Å². The molecule has 2 heterocycles. The molecule has 4 aliphatic rings. The van der Waals surface area contributed by atoms with Gasteiger partial charge in [0.05, 0.1) is 35.5 Å². The van der Waals surface area contributed by atoms with Gasteiger partial charge in [0.1, 0.15) is 12.1 Å². The van der Waals surface area contributed by atoms with E-state index in [0.717, 1.165) is 47.9 Å². The Hall–Kier alpha value is -3.75. The molecule has 11 heteroatoms. The highest BCUT2D eigenvalue weighted by atomic mass is 32.2. The summed E-state index contributed by atoms with van der Waals surface area (Å²) in [5.74, 6) is -1.45. The van der Waals surface area contributed by atoms with E-state index in [1.807, 2.05) is 30.8 Å². The van der Waals surface area contributed by atoms with Crippen LogP contribution >= 0.6 is 11.8 Å². The number of aliphatic hydroxyl groups excluding tert-OH is 1. The Morgan fingerprint density at radius 2 is 2.07 bits per heavy atom. The fourth-order valence-corrected chi connectivity index (χ4v) is 10.6. The van der Waals surface area contributed by atoms with Crippen molar-refractivity contribution >= 4 is 28.9 Å². The first kappa shape index (κ1) is 29.9. The van der Waals surface area contributed by atoms with Gasteiger partial charge in [0.15, 0.2) is 17.7 Å².